The molecule has 182 valence electrons. The second-order valence-corrected chi connectivity index (χ2v) is 10.2. The van der Waals surface area contributed by atoms with Crippen molar-refractivity contribution in [2.45, 2.75) is 30.1 Å². The third-order valence-corrected chi connectivity index (χ3v) is 8.02. The number of hydrogen-bond donors (Lipinski definition) is 0. The van der Waals surface area contributed by atoms with Crippen LogP contribution in [0.2, 0.25) is 0 Å². The number of hydrogen-bond acceptors (Lipinski definition) is 6. The number of ketones is 1. The Hall–Kier alpha value is -3.65. The highest BCUT2D eigenvalue weighted by Crippen LogP contribution is 2.38. The first kappa shape index (κ1) is 24.5. The van der Waals surface area contributed by atoms with Crippen LogP contribution in [0.3, 0.4) is 0 Å². The van der Waals surface area contributed by atoms with Crippen LogP contribution in [-0.2, 0) is 19.6 Å². The zero-order valence-corrected chi connectivity index (χ0v) is 20.4. The Balaban J connectivity index is 1.67. The molecule has 0 unspecified atom stereocenters. The number of methoxy groups -OCH3 is 2. The van der Waals surface area contributed by atoms with Gasteiger partial charge >= 0.3 is 0 Å². The number of amides is 1. The van der Waals surface area contributed by atoms with Gasteiger partial charge in [0.1, 0.15) is 11.5 Å². The molecule has 0 saturated carbocycles. The van der Waals surface area contributed by atoms with Gasteiger partial charge in [-0.25, -0.2) is 12.7 Å². The average molecular weight is 494 g/mol. The average Bonchev–Trinajstić information content (AvgIpc) is 2.88. The highest BCUT2D eigenvalue weighted by molar-refractivity contribution is 7.89. The fraction of sp³-hybridized carbons (Fsp3) is 0.259. The van der Waals surface area contributed by atoms with E-state index in [4.69, 9.17) is 9.47 Å². The summed E-state index contributed by atoms with van der Waals surface area (Å²) in [4.78, 5) is 25.9. The van der Waals surface area contributed by atoms with Gasteiger partial charge in [0.05, 0.1) is 25.0 Å². The van der Waals surface area contributed by atoms with Crippen molar-refractivity contribution in [3.05, 3.63) is 90.2 Å². The van der Waals surface area contributed by atoms with E-state index >= 15 is 0 Å². The zero-order chi connectivity index (χ0) is 25.0. The molecule has 2 aromatic rings. The molecule has 2 aliphatic rings. The Morgan fingerprint density at radius 3 is 2.17 bits per heavy atom. The standard InChI is InChI=1S/C27H27NO6S/c1-33-21-10-7-19(8-11-21)24-17-18-28(35(31,32)23-14-12-22(34-2)13-15-23)27(30)25(24)16-9-20-5-3-4-6-26(20)29/h3-5,7-8,10-15,17-18,24-25H,6,9,16H2,1-2H3/t24-,25+/m1/s1. The van der Waals surface area contributed by atoms with Crippen molar-refractivity contribution in [3.8, 4) is 11.5 Å². The first-order valence-electron chi connectivity index (χ1n) is 11.3. The minimum absolute atomic E-state index is 0.00625. The summed E-state index contributed by atoms with van der Waals surface area (Å²) >= 11 is 0. The van der Waals surface area contributed by atoms with E-state index < -0.39 is 21.8 Å². The summed E-state index contributed by atoms with van der Waals surface area (Å²) in [5.74, 6) is -0.309. The van der Waals surface area contributed by atoms with Gasteiger partial charge in [-0.15, -0.1) is 0 Å². The maximum Gasteiger partial charge on any atom is 0.270 e. The molecule has 1 heterocycles. The molecule has 35 heavy (non-hydrogen) atoms. The fourth-order valence-electron chi connectivity index (χ4n) is 4.35. The molecule has 1 aliphatic heterocycles. The molecule has 2 atom stereocenters. The lowest BCUT2D eigenvalue weighted by molar-refractivity contribution is -0.130. The summed E-state index contributed by atoms with van der Waals surface area (Å²) in [5, 5.41) is 0. The molecular weight excluding hydrogens is 466 g/mol. The van der Waals surface area contributed by atoms with Gasteiger partial charge in [0.15, 0.2) is 5.78 Å². The molecule has 0 saturated heterocycles. The zero-order valence-electron chi connectivity index (χ0n) is 19.6. The molecule has 7 nitrogen and oxygen atoms in total. The smallest absolute Gasteiger partial charge is 0.270 e. The van der Waals surface area contributed by atoms with Crippen molar-refractivity contribution in [3.63, 3.8) is 0 Å². The molecule has 0 radical (unpaired) electrons. The quantitative estimate of drug-likeness (QED) is 0.542. The number of allylic oxidation sites excluding steroid dienone is 5. The number of rotatable bonds is 8. The van der Waals surface area contributed by atoms with Crippen molar-refractivity contribution < 1.29 is 27.5 Å². The van der Waals surface area contributed by atoms with Crippen LogP contribution in [-0.4, -0.2) is 38.6 Å². The molecule has 4 rings (SSSR count). The monoisotopic (exact) mass is 493 g/mol. The van der Waals surface area contributed by atoms with Crippen molar-refractivity contribution in [2.75, 3.05) is 14.2 Å². The Bertz CT molecular complexity index is 1290. The summed E-state index contributed by atoms with van der Waals surface area (Å²) in [6.07, 6.45) is 9.53. The van der Waals surface area contributed by atoms with Crippen LogP contribution in [0.15, 0.2) is 89.5 Å². The summed E-state index contributed by atoms with van der Waals surface area (Å²) in [6, 6.07) is 13.3. The first-order valence-corrected chi connectivity index (χ1v) is 12.7. The SMILES string of the molecule is COc1ccc([C@H]2C=CN(S(=O)(=O)c3ccc(OC)cc3)C(=O)[C@H]2CCC2=CC=CCC2=O)cc1. The molecular formula is C27H27NO6S. The predicted octanol–water partition coefficient (Wildman–Crippen LogP) is 4.38. The number of benzene rings is 2. The highest BCUT2D eigenvalue weighted by Gasteiger charge is 2.40. The normalized spacial score (nSPS) is 20.1. The highest BCUT2D eigenvalue weighted by atomic mass is 32.2. The summed E-state index contributed by atoms with van der Waals surface area (Å²) in [7, 11) is -1.04. The van der Waals surface area contributed by atoms with Gasteiger partial charge in [0.2, 0.25) is 5.91 Å². The minimum Gasteiger partial charge on any atom is -0.497 e. The van der Waals surface area contributed by atoms with Gasteiger partial charge in [-0.05, 0) is 60.4 Å². The summed E-state index contributed by atoms with van der Waals surface area (Å²) in [6.45, 7) is 0. The van der Waals surface area contributed by atoms with Crippen molar-refractivity contribution >= 4 is 21.7 Å². The lowest BCUT2D eigenvalue weighted by atomic mass is 9.79. The number of sulfonamides is 1. The lowest BCUT2D eigenvalue weighted by Crippen LogP contribution is -2.41. The third kappa shape index (κ3) is 5.07. The maximum atomic E-state index is 13.7. The van der Waals surface area contributed by atoms with E-state index in [1.54, 1.807) is 25.3 Å². The van der Waals surface area contributed by atoms with E-state index in [2.05, 4.69) is 0 Å². The van der Waals surface area contributed by atoms with Crippen LogP contribution in [0.5, 0.6) is 11.5 Å². The Labute approximate surface area is 205 Å². The van der Waals surface area contributed by atoms with E-state index in [0.717, 1.165) is 9.87 Å². The molecule has 0 N–H and O–H groups in total. The Morgan fingerprint density at radius 1 is 0.943 bits per heavy atom. The Morgan fingerprint density at radius 2 is 1.57 bits per heavy atom. The van der Waals surface area contributed by atoms with Crippen LogP contribution in [0.25, 0.3) is 0 Å². The van der Waals surface area contributed by atoms with Gasteiger partial charge in [0, 0.05) is 18.5 Å². The van der Waals surface area contributed by atoms with Crippen LogP contribution in [0, 0.1) is 5.92 Å². The first-order chi connectivity index (χ1) is 16.8. The molecule has 0 aromatic heterocycles. The molecule has 0 bridgehead atoms. The molecule has 1 aliphatic carbocycles. The summed E-state index contributed by atoms with van der Waals surface area (Å²) in [5.41, 5.74) is 1.51. The van der Waals surface area contributed by atoms with E-state index in [0.29, 0.717) is 36.3 Å². The minimum atomic E-state index is -4.11. The van der Waals surface area contributed by atoms with E-state index in [1.165, 1.54) is 37.6 Å². The molecule has 0 fully saturated rings. The predicted molar refractivity (Wildman–Crippen MR) is 131 cm³/mol. The van der Waals surface area contributed by atoms with Crippen LogP contribution in [0.1, 0.15) is 30.7 Å². The van der Waals surface area contributed by atoms with Gasteiger partial charge < -0.3 is 9.47 Å². The fourth-order valence-corrected chi connectivity index (χ4v) is 5.65. The lowest BCUT2D eigenvalue weighted by Gasteiger charge is -2.33. The van der Waals surface area contributed by atoms with Crippen LogP contribution in [0.4, 0.5) is 0 Å². The second kappa shape index (κ2) is 10.3. The molecule has 0 spiro atoms. The third-order valence-electron chi connectivity index (χ3n) is 6.33. The molecule has 1 amide bonds. The number of carbonyl (C=O) groups is 2. The van der Waals surface area contributed by atoms with E-state index in [1.807, 2.05) is 30.3 Å². The number of ether oxygens (including phenoxy) is 2. The second-order valence-electron chi connectivity index (χ2n) is 8.35. The summed E-state index contributed by atoms with van der Waals surface area (Å²) < 4.78 is 37.9. The number of carbonyl (C=O) groups excluding carboxylic acids is 2. The largest absolute Gasteiger partial charge is 0.497 e. The van der Waals surface area contributed by atoms with Crippen molar-refractivity contribution in [2.24, 2.45) is 5.92 Å². The number of nitrogens with zero attached hydrogens (tertiary/aromatic N) is 1. The van der Waals surface area contributed by atoms with Gasteiger partial charge in [-0.2, -0.15) is 0 Å². The maximum absolute atomic E-state index is 13.7. The Kier molecular flexibility index (Phi) is 7.21. The van der Waals surface area contributed by atoms with Gasteiger partial charge in [-0.3, -0.25) is 9.59 Å². The molecule has 8 heteroatoms. The number of Topliss-reactive ketones (excluding diaryl/α,β-unsaturated/α-hetero) is 1. The van der Waals surface area contributed by atoms with Crippen molar-refractivity contribution in [1.82, 2.24) is 4.31 Å². The van der Waals surface area contributed by atoms with E-state index in [-0.39, 0.29) is 16.6 Å². The van der Waals surface area contributed by atoms with E-state index in [9.17, 15) is 18.0 Å². The van der Waals surface area contributed by atoms with Gasteiger partial charge in [-0.1, -0.05) is 36.4 Å². The van der Waals surface area contributed by atoms with Gasteiger partial charge in [0.25, 0.3) is 10.0 Å². The topological polar surface area (TPSA) is 90.0 Å². The van der Waals surface area contributed by atoms with Crippen LogP contribution < -0.4 is 9.47 Å². The molecule has 2 aromatic carbocycles. The van der Waals surface area contributed by atoms with Crippen LogP contribution >= 0.6 is 0 Å². The van der Waals surface area contributed by atoms with Crippen molar-refractivity contribution in [1.29, 1.82) is 0 Å².